The van der Waals surface area contributed by atoms with Gasteiger partial charge in [0, 0.05) is 36.3 Å². The minimum absolute atomic E-state index is 0.0234. The summed E-state index contributed by atoms with van der Waals surface area (Å²) in [5.41, 5.74) is 3.69. The number of nitro groups is 1. The highest BCUT2D eigenvalue weighted by atomic mass is 32.1. The van der Waals surface area contributed by atoms with Gasteiger partial charge in [-0.25, -0.2) is 0 Å². The predicted octanol–water partition coefficient (Wildman–Crippen LogP) is 6.16. The molecule has 1 heterocycles. The summed E-state index contributed by atoms with van der Waals surface area (Å²) in [6, 6.07) is 10.7. The van der Waals surface area contributed by atoms with Gasteiger partial charge in [-0.2, -0.15) is 4.37 Å². The second kappa shape index (κ2) is 8.22. The normalized spacial score (nSPS) is 11.4. The second-order valence-electron chi connectivity index (χ2n) is 6.20. The summed E-state index contributed by atoms with van der Waals surface area (Å²) in [5.74, 6) is 0. The van der Waals surface area contributed by atoms with Crippen molar-refractivity contribution in [2.45, 2.75) is 27.2 Å². The molecule has 7 nitrogen and oxygen atoms in total. The Labute approximate surface area is 161 Å². The van der Waals surface area contributed by atoms with E-state index in [4.69, 9.17) is 0 Å². The van der Waals surface area contributed by atoms with E-state index >= 15 is 0 Å². The summed E-state index contributed by atoms with van der Waals surface area (Å²) in [6.45, 7) is 8.30. The minimum Gasteiger partial charge on any atom is -0.372 e. The number of rotatable bonds is 7. The van der Waals surface area contributed by atoms with Crippen molar-refractivity contribution in [1.29, 1.82) is 0 Å². The van der Waals surface area contributed by atoms with Gasteiger partial charge in [-0.05, 0) is 61.6 Å². The molecule has 0 fully saturated rings. The first-order chi connectivity index (χ1) is 13.0. The topological polar surface area (TPSA) is 84.0 Å². The van der Waals surface area contributed by atoms with E-state index in [1.807, 2.05) is 13.0 Å². The van der Waals surface area contributed by atoms with Gasteiger partial charge >= 0.3 is 0 Å². The molecule has 0 saturated carbocycles. The standard InChI is InChI=1S/C19H21N5O2S/c1-4-10-23(5-2)14-6-8-17(13(3)11-14)20-21-19-16-12-15(24(25)26)7-9-18(16)22-27-19/h6-9,11-12H,4-5,10H2,1-3H3. The largest absolute Gasteiger partial charge is 0.372 e. The van der Waals surface area contributed by atoms with Crippen molar-refractivity contribution in [2.24, 2.45) is 10.2 Å². The smallest absolute Gasteiger partial charge is 0.270 e. The molecule has 0 aliphatic carbocycles. The van der Waals surface area contributed by atoms with Crippen molar-refractivity contribution >= 4 is 44.5 Å². The van der Waals surface area contributed by atoms with Crippen LogP contribution in [0.15, 0.2) is 46.6 Å². The Morgan fingerprint density at radius 3 is 2.67 bits per heavy atom. The molecular weight excluding hydrogens is 362 g/mol. The first-order valence-corrected chi connectivity index (χ1v) is 9.62. The van der Waals surface area contributed by atoms with Crippen molar-refractivity contribution in [3.63, 3.8) is 0 Å². The number of aromatic nitrogens is 1. The number of benzene rings is 2. The van der Waals surface area contributed by atoms with E-state index in [0.29, 0.717) is 15.9 Å². The second-order valence-corrected chi connectivity index (χ2v) is 6.95. The predicted molar refractivity (Wildman–Crippen MR) is 110 cm³/mol. The lowest BCUT2D eigenvalue weighted by molar-refractivity contribution is -0.384. The fourth-order valence-electron chi connectivity index (χ4n) is 2.89. The number of azo groups is 1. The van der Waals surface area contributed by atoms with Gasteiger partial charge in [0.15, 0.2) is 5.00 Å². The number of anilines is 1. The van der Waals surface area contributed by atoms with Crippen LogP contribution >= 0.6 is 11.5 Å². The molecule has 3 rings (SSSR count). The molecule has 2 aromatic carbocycles. The van der Waals surface area contributed by atoms with Gasteiger partial charge in [0.2, 0.25) is 0 Å². The van der Waals surface area contributed by atoms with Crippen molar-refractivity contribution in [1.82, 2.24) is 4.37 Å². The van der Waals surface area contributed by atoms with Crippen molar-refractivity contribution in [3.05, 3.63) is 52.1 Å². The quantitative estimate of drug-likeness (QED) is 0.278. The van der Waals surface area contributed by atoms with Crippen LogP contribution in [0.3, 0.4) is 0 Å². The van der Waals surface area contributed by atoms with Crippen molar-refractivity contribution < 1.29 is 4.92 Å². The van der Waals surface area contributed by atoms with Gasteiger partial charge in [0.05, 0.1) is 16.1 Å². The summed E-state index contributed by atoms with van der Waals surface area (Å²) >= 11 is 1.19. The molecule has 0 aliphatic rings. The molecule has 0 radical (unpaired) electrons. The highest BCUT2D eigenvalue weighted by Crippen LogP contribution is 2.35. The molecule has 0 amide bonds. The lowest BCUT2D eigenvalue weighted by atomic mass is 10.1. The van der Waals surface area contributed by atoms with Crippen LogP contribution in [0, 0.1) is 17.0 Å². The molecule has 0 unspecified atom stereocenters. The molecule has 1 aromatic heterocycles. The van der Waals surface area contributed by atoms with Gasteiger partial charge in [0.1, 0.15) is 0 Å². The summed E-state index contributed by atoms with van der Waals surface area (Å²) < 4.78 is 4.28. The summed E-state index contributed by atoms with van der Waals surface area (Å²) in [5, 5.41) is 20.9. The van der Waals surface area contributed by atoms with Gasteiger partial charge in [-0.1, -0.05) is 6.92 Å². The molecule has 140 valence electrons. The van der Waals surface area contributed by atoms with Crippen LogP contribution in [0.2, 0.25) is 0 Å². The Hall–Kier alpha value is -2.87. The zero-order valence-electron chi connectivity index (χ0n) is 15.5. The van der Waals surface area contributed by atoms with Crippen LogP contribution in [-0.4, -0.2) is 22.4 Å². The number of hydrogen-bond donors (Lipinski definition) is 0. The molecule has 0 bridgehead atoms. The minimum atomic E-state index is -0.420. The summed E-state index contributed by atoms with van der Waals surface area (Å²) in [4.78, 5) is 12.9. The fraction of sp³-hybridized carbons (Fsp3) is 0.316. The molecule has 27 heavy (non-hydrogen) atoms. The van der Waals surface area contributed by atoms with E-state index in [1.165, 1.54) is 29.4 Å². The molecule has 8 heteroatoms. The molecule has 0 saturated heterocycles. The van der Waals surface area contributed by atoms with Crippen LogP contribution in [-0.2, 0) is 0 Å². The maximum Gasteiger partial charge on any atom is 0.270 e. The first-order valence-electron chi connectivity index (χ1n) is 8.84. The van der Waals surface area contributed by atoms with E-state index in [9.17, 15) is 10.1 Å². The Morgan fingerprint density at radius 1 is 1.19 bits per heavy atom. The van der Waals surface area contributed by atoms with Gasteiger partial charge in [0.25, 0.3) is 5.69 Å². The highest BCUT2D eigenvalue weighted by molar-refractivity contribution is 7.11. The third kappa shape index (κ3) is 4.11. The highest BCUT2D eigenvalue weighted by Gasteiger charge is 2.12. The van der Waals surface area contributed by atoms with Crippen molar-refractivity contribution in [3.8, 4) is 0 Å². The van der Waals surface area contributed by atoms with E-state index in [1.54, 1.807) is 6.07 Å². The van der Waals surface area contributed by atoms with Crippen molar-refractivity contribution in [2.75, 3.05) is 18.0 Å². The first kappa shape index (κ1) is 18.9. The Bertz CT molecular complexity index is 999. The third-order valence-electron chi connectivity index (χ3n) is 4.32. The molecule has 0 aliphatic heterocycles. The average Bonchev–Trinajstić information content (AvgIpc) is 3.07. The molecule has 0 spiro atoms. The summed E-state index contributed by atoms with van der Waals surface area (Å²) in [6.07, 6.45) is 1.10. The summed E-state index contributed by atoms with van der Waals surface area (Å²) in [7, 11) is 0. The number of aryl methyl sites for hydroxylation is 1. The lowest BCUT2D eigenvalue weighted by Crippen LogP contribution is -2.23. The third-order valence-corrected chi connectivity index (χ3v) is 5.08. The number of hydrogen-bond acceptors (Lipinski definition) is 7. The van der Waals surface area contributed by atoms with Gasteiger partial charge in [-0.3, -0.25) is 10.1 Å². The molecule has 0 N–H and O–H groups in total. The average molecular weight is 383 g/mol. The zero-order chi connectivity index (χ0) is 19.4. The number of non-ortho nitro benzene ring substituents is 1. The van der Waals surface area contributed by atoms with E-state index in [0.717, 1.165) is 30.8 Å². The molecule has 0 atom stereocenters. The number of fused-ring (bicyclic) bond motifs is 1. The maximum absolute atomic E-state index is 11.0. The van der Waals surface area contributed by atoms with E-state index in [-0.39, 0.29) is 5.69 Å². The number of nitrogens with zero attached hydrogens (tertiary/aromatic N) is 5. The Morgan fingerprint density at radius 2 is 2.00 bits per heavy atom. The van der Waals surface area contributed by atoms with Crippen LogP contribution in [0.1, 0.15) is 25.8 Å². The zero-order valence-corrected chi connectivity index (χ0v) is 16.4. The fourth-order valence-corrected chi connectivity index (χ4v) is 3.57. The maximum atomic E-state index is 11.0. The van der Waals surface area contributed by atoms with Crippen LogP contribution in [0.4, 0.5) is 22.1 Å². The van der Waals surface area contributed by atoms with Gasteiger partial charge < -0.3 is 4.90 Å². The monoisotopic (exact) mass is 383 g/mol. The van der Waals surface area contributed by atoms with E-state index in [2.05, 4.69) is 45.5 Å². The van der Waals surface area contributed by atoms with Crippen LogP contribution in [0.25, 0.3) is 10.9 Å². The van der Waals surface area contributed by atoms with Crippen LogP contribution in [0.5, 0.6) is 0 Å². The Kier molecular flexibility index (Phi) is 5.75. The molecular formula is C19H21N5O2S. The van der Waals surface area contributed by atoms with Gasteiger partial charge in [-0.15, -0.1) is 10.2 Å². The Balaban J connectivity index is 1.89. The lowest BCUT2D eigenvalue weighted by Gasteiger charge is -2.23. The molecule has 3 aromatic rings. The van der Waals surface area contributed by atoms with Crippen LogP contribution < -0.4 is 4.90 Å². The van der Waals surface area contributed by atoms with E-state index < -0.39 is 4.92 Å². The number of nitro benzene ring substituents is 1. The SMILES string of the molecule is CCCN(CC)c1ccc(N=Nc2snc3ccc([N+](=O)[O-])cc23)c(C)c1.